The van der Waals surface area contributed by atoms with E-state index in [9.17, 15) is 4.79 Å². The highest BCUT2D eigenvalue weighted by atomic mass is 35.5. The molecular formula is C14H19ClO3. The third-order valence-electron chi connectivity index (χ3n) is 2.42. The smallest absolute Gasteiger partial charge is 0.305 e. The second-order valence-electron chi connectivity index (χ2n) is 3.89. The van der Waals surface area contributed by atoms with E-state index in [4.69, 9.17) is 21.1 Å². The Labute approximate surface area is 113 Å². The first-order valence-corrected chi connectivity index (χ1v) is 6.64. The summed E-state index contributed by atoms with van der Waals surface area (Å²) in [6.45, 7) is 2.89. The molecule has 3 nitrogen and oxygen atoms in total. The van der Waals surface area contributed by atoms with Gasteiger partial charge in [-0.3, -0.25) is 4.79 Å². The zero-order valence-corrected chi connectivity index (χ0v) is 11.4. The molecule has 4 heteroatoms. The summed E-state index contributed by atoms with van der Waals surface area (Å²) < 4.78 is 10.4. The SMILES string of the molecule is CCOC(=O)CCCCCOc1ccccc1Cl. The topological polar surface area (TPSA) is 35.5 Å². The van der Waals surface area contributed by atoms with Gasteiger partial charge in [-0.25, -0.2) is 0 Å². The van der Waals surface area contributed by atoms with Gasteiger partial charge in [-0.15, -0.1) is 0 Å². The number of hydrogen-bond donors (Lipinski definition) is 0. The van der Waals surface area contributed by atoms with E-state index in [0.717, 1.165) is 19.3 Å². The van der Waals surface area contributed by atoms with Crippen LogP contribution in [-0.4, -0.2) is 19.2 Å². The summed E-state index contributed by atoms with van der Waals surface area (Å²) >= 11 is 5.95. The summed E-state index contributed by atoms with van der Waals surface area (Å²) in [5.74, 6) is 0.592. The van der Waals surface area contributed by atoms with Crippen LogP contribution < -0.4 is 4.74 Å². The number of ether oxygens (including phenoxy) is 2. The number of carbonyl (C=O) groups excluding carboxylic acids is 1. The zero-order valence-electron chi connectivity index (χ0n) is 10.7. The van der Waals surface area contributed by atoms with Crippen molar-refractivity contribution in [3.63, 3.8) is 0 Å². The molecule has 1 aromatic rings. The minimum absolute atomic E-state index is 0.121. The summed E-state index contributed by atoms with van der Waals surface area (Å²) in [5.41, 5.74) is 0. The first-order chi connectivity index (χ1) is 8.74. The monoisotopic (exact) mass is 270 g/mol. The van der Waals surface area contributed by atoms with Crippen molar-refractivity contribution in [2.75, 3.05) is 13.2 Å². The number of carbonyl (C=O) groups is 1. The fourth-order valence-corrected chi connectivity index (χ4v) is 1.72. The highest BCUT2D eigenvalue weighted by molar-refractivity contribution is 6.32. The normalized spacial score (nSPS) is 10.1. The molecule has 0 aliphatic rings. The van der Waals surface area contributed by atoms with Crippen LogP contribution in [0.15, 0.2) is 24.3 Å². The van der Waals surface area contributed by atoms with Gasteiger partial charge in [0.05, 0.1) is 18.2 Å². The van der Waals surface area contributed by atoms with Crippen molar-refractivity contribution in [2.24, 2.45) is 0 Å². The van der Waals surface area contributed by atoms with E-state index in [1.807, 2.05) is 25.1 Å². The predicted octanol–water partition coefficient (Wildman–Crippen LogP) is 3.84. The van der Waals surface area contributed by atoms with E-state index in [1.54, 1.807) is 6.07 Å². The second-order valence-corrected chi connectivity index (χ2v) is 4.30. The Hall–Kier alpha value is -1.22. The van der Waals surface area contributed by atoms with Crippen LogP contribution in [0, 0.1) is 0 Å². The van der Waals surface area contributed by atoms with E-state index >= 15 is 0 Å². The number of esters is 1. The molecule has 0 atom stereocenters. The second kappa shape index (κ2) is 8.81. The Morgan fingerprint density at radius 2 is 2.00 bits per heavy atom. The number of benzene rings is 1. The average molecular weight is 271 g/mol. The highest BCUT2D eigenvalue weighted by Crippen LogP contribution is 2.23. The molecule has 0 saturated carbocycles. The van der Waals surface area contributed by atoms with Crippen molar-refractivity contribution in [3.8, 4) is 5.75 Å². The van der Waals surface area contributed by atoms with Crippen molar-refractivity contribution in [1.29, 1.82) is 0 Å². The molecule has 0 bridgehead atoms. The number of unbranched alkanes of at least 4 members (excludes halogenated alkanes) is 2. The lowest BCUT2D eigenvalue weighted by atomic mass is 10.2. The maximum absolute atomic E-state index is 11.1. The van der Waals surface area contributed by atoms with Crippen molar-refractivity contribution < 1.29 is 14.3 Å². The highest BCUT2D eigenvalue weighted by Gasteiger charge is 2.02. The van der Waals surface area contributed by atoms with Crippen LogP contribution >= 0.6 is 11.6 Å². The van der Waals surface area contributed by atoms with Crippen LogP contribution in [-0.2, 0) is 9.53 Å². The van der Waals surface area contributed by atoms with Gasteiger partial charge < -0.3 is 9.47 Å². The number of para-hydroxylation sites is 1. The first kappa shape index (κ1) is 14.8. The van der Waals surface area contributed by atoms with Gasteiger partial charge >= 0.3 is 5.97 Å². The lowest BCUT2D eigenvalue weighted by Gasteiger charge is -2.07. The summed E-state index contributed by atoms with van der Waals surface area (Å²) in [7, 11) is 0. The van der Waals surface area contributed by atoms with Gasteiger partial charge in [0.25, 0.3) is 0 Å². The van der Waals surface area contributed by atoms with Gasteiger partial charge in [0, 0.05) is 6.42 Å². The molecule has 0 fully saturated rings. The lowest BCUT2D eigenvalue weighted by molar-refractivity contribution is -0.143. The average Bonchev–Trinajstić information content (AvgIpc) is 2.36. The molecule has 0 spiro atoms. The minimum Gasteiger partial charge on any atom is -0.492 e. The molecule has 0 amide bonds. The third kappa shape index (κ3) is 5.92. The van der Waals surface area contributed by atoms with E-state index in [2.05, 4.69) is 0 Å². The van der Waals surface area contributed by atoms with Crippen LogP contribution in [0.4, 0.5) is 0 Å². The molecule has 0 saturated heterocycles. The summed E-state index contributed by atoms with van der Waals surface area (Å²) in [4.78, 5) is 11.1. The van der Waals surface area contributed by atoms with Gasteiger partial charge in [0.2, 0.25) is 0 Å². The number of rotatable bonds is 8. The Morgan fingerprint density at radius 1 is 1.22 bits per heavy atom. The Morgan fingerprint density at radius 3 is 2.72 bits per heavy atom. The summed E-state index contributed by atoms with van der Waals surface area (Å²) in [6, 6.07) is 7.41. The van der Waals surface area contributed by atoms with Crippen LogP contribution in [0.5, 0.6) is 5.75 Å². The van der Waals surface area contributed by atoms with Crippen molar-refractivity contribution in [3.05, 3.63) is 29.3 Å². The van der Waals surface area contributed by atoms with E-state index < -0.39 is 0 Å². The van der Waals surface area contributed by atoms with Gasteiger partial charge in [-0.2, -0.15) is 0 Å². The molecule has 18 heavy (non-hydrogen) atoms. The maximum atomic E-state index is 11.1. The Balaban J connectivity index is 2.06. The van der Waals surface area contributed by atoms with Crippen molar-refractivity contribution >= 4 is 17.6 Å². The number of halogens is 1. The standard InChI is InChI=1S/C14H19ClO3/c1-2-17-14(16)10-4-3-7-11-18-13-9-6-5-8-12(13)15/h5-6,8-9H,2-4,7,10-11H2,1H3. The molecule has 0 unspecified atom stereocenters. The van der Waals surface area contributed by atoms with Gasteiger partial charge in [0.1, 0.15) is 5.75 Å². The summed E-state index contributed by atoms with van der Waals surface area (Å²) in [5, 5.41) is 0.629. The van der Waals surface area contributed by atoms with Gasteiger partial charge in [-0.05, 0) is 38.3 Å². The minimum atomic E-state index is -0.121. The fraction of sp³-hybridized carbons (Fsp3) is 0.500. The quantitative estimate of drug-likeness (QED) is 0.532. The van der Waals surface area contributed by atoms with Crippen molar-refractivity contribution in [1.82, 2.24) is 0 Å². The first-order valence-electron chi connectivity index (χ1n) is 6.27. The maximum Gasteiger partial charge on any atom is 0.305 e. The molecule has 0 aromatic heterocycles. The number of hydrogen-bond acceptors (Lipinski definition) is 3. The lowest BCUT2D eigenvalue weighted by Crippen LogP contribution is -2.04. The van der Waals surface area contributed by atoms with Crippen molar-refractivity contribution in [2.45, 2.75) is 32.6 Å². The molecule has 0 aliphatic carbocycles. The van der Waals surface area contributed by atoms with Crippen LogP contribution in [0.2, 0.25) is 5.02 Å². The largest absolute Gasteiger partial charge is 0.492 e. The van der Waals surface area contributed by atoms with Crippen LogP contribution in [0.3, 0.4) is 0 Å². The Kier molecular flexibility index (Phi) is 7.26. The Bertz CT molecular complexity index is 366. The van der Waals surface area contributed by atoms with Crippen LogP contribution in [0.1, 0.15) is 32.6 Å². The molecule has 1 rings (SSSR count). The predicted molar refractivity (Wildman–Crippen MR) is 72.0 cm³/mol. The third-order valence-corrected chi connectivity index (χ3v) is 2.74. The van der Waals surface area contributed by atoms with Gasteiger partial charge in [0.15, 0.2) is 0 Å². The van der Waals surface area contributed by atoms with E-state index in [0.29, 0.717) is 30.4 Å². The molecule has 0 heterocycles. The van der Waals surface area contributed by atoms with Gasteiger partial charge in [-0.1, -0.05) is 23.7 Å². The summed E-state index contributed by atoms with van der Waals surface area (Å²) in [6.07, 6.45) is 3.18. The van der Waals surface area contributed by atoms with Crippen LogP contribution in [0.25, 0.3) is 0 Å². The zero-order chi connectivity index (χ0) is 13.2. The van der Waals surface area contributed by atoms with E-state index in [1.165, 1.54) is 0 Å². The molecule has 100 valence electrons. The molecular weight excluding hydrogens is 252 g/mol. The fourth-order valence-electron chi connectivity index (χ4n) is 1.53. The molecule has 0 radical (unpaired) electrons. The molecule has 0 aliphatic heterocycles. The molecule has 0 N–H and O–H groups in total. The molecule has 1 aromatic carbocycles. The van der Waals surface area contributed by atoms with E-state index in [-0.39, 0.29) is 5.97 Å².